The first-order valence-corrected chi connectivity index (χ1v) is 6.25. The lowest BCUT2D eigenvalue weighted by Crippen LogP contribution is -2.57. The lowest BCUT2D eigenvalue weighted by molar-refractivity contribution is -0.145. The van der Waals surface area contributed by atoms with Gasteiger partial charge in [0.2, 0.25) is 0 Å². The van der Waals surface area contributed by atoms with Gasteiger partial charge < -0.3 is 35.1 Å². The first-order valence-electron chi connectivity index (χ1n) is 6.25. The van der Waals surface area contributed by atoms with E-state index in [-0.39, 0.29) is 13.2 Å². The third-order valence-electron chi connectivity index (χ3n) is 3.00. The number of ether oxygens (including phenoxy) is 4. The minimum atomic E-state index is -1.12. The van der Waals surface area contributed by atoms with Crippen LogP contribution in [0.3, 0.4) is 0 Å². The van der Waals surface area contributed by atoms with Crippen molar-refractivity contribution < 1.29 is 33.6 Å². The van der Waals surface area contributed by atoms with Crippen LogP contribution in [0.15, 0.2) is 0 Å². The highest BCUT2D eigenvalue weighted by atomic mass is 16.6. The van der Waals surface area contributed by atoms with E-state index >= 15 is 0 Å². The molecule has 4 atom stereocenters. The predicted octanol–water partition coefficient (Wildman–Crippen LogP) is -2.36. The summed E-state index contributed by atoms with van der Waals surface area (Å²) in [6.45, 7) is -0.252. The van der Waals surface area contributed by atoms with Crippen molar-refractivity contribution in [2.45, 2.75) is 24.4 Å². The first kappa shape index (κ1) is 19.7. The van der Waals surface area contributed by atoms with Crippen LogP contribution >= 0.6 is 0 Å². The average Bonchev–Trinajstić information content (AvgIpc) is 2.47. The zero-order valence-electron chi connectivity index (χ0n) is 12.7. The van der Waals surface area contributed by atoms with Gasteiger partial charge in [0.05, 0.1) is 19.3 Å². The molecule has 0 saturated carbocycles. The topological polar surface area (TPSA) is 129 Å². The third-order valence-corrected chi connectivity index (χ3v) is 3.00. The van der Waals surface area contributed by atoms with Gasteiger partial charge in [-0.1, -0.05) is 0 Å². The summed E-state index contributed by atoms with van der Waals surface area (Å²) in [5.41, 5.74) is 4.91. The molecule has 0 heterocycles. The van der Waals surface area contributed by atoms with Crippen molar-refractivity contribution in [3.63, 3.8) is 0 Å². The summed E-state index contributed by atoms with van der Waals surface area (Å²) in [6.07, 6.45) is -2.10. The fourth-order valence-corrected chi connectivity index (χ4v) is 1.98. The molecule has 0 aromatic carbocycles. The number of aliphatic hydroxyl groups is 1. The zero-order chi connectivity index (χ0) is 16.4. The lowest BCUT2D eigenvalue weighted by Gasteiger charge is -2.34. The number of carbonyl (C=O) groups is 2. The quantitative estimate of drug-likeness (QED) is 0.385. The molecule has 0 radical (unpaired) electrons. The molecule has 9 heteroatoms. The van der Waals surface area contributed by atoms with Gasteiger partial charge >= 0.3 is 11.8 Å². The van der Waals surface area contributed by atoms with Crippen LogP contribution in [0.5, 0.6) is 0 Å². The van der Waals surface area contributed by atoms with Crippen LogP contribution in [0, 0.1) is 0 Å². The van der Waals surface area contributed by atoms with Crippen LogP contribution in [0.1, 0.15) is 0 Å². The van der Waals surface area contributed by atoms with E-state index in [0.717, 1.165) is 0 Å². The number of rotatable bonds is 10. The minimum absolute atomic E-state index is 0.0548. The summed E-state index contributed by atoms with van der Waals surface area (Å²) in [7, 11) is 5.66. The largest absolute Gasteiger partial charge is 0.394 e. The SMILES string of the molecule is COC[C@@H](NC(=O)C(N)=O)[C@@H](OC)[C@H](OC)[C@@H](CO)OC. The van der Waals surface area contributed by atoms with Crippen molar-refractivity contribution in [3.05, 3.63) is 0 Å². The van der Waals surface area contributed by atoms with Crippen LogP contribution in [0.2, 0.25) is 0 Å². The number of methoxy groups -OCH3 is 4. The first-order chi connectivity index (χ1) is 9.96. The molecule has 0 aromatic rings. The Kier molecular flexibility index (Phi) is 9.84. The van der Waals surface area contributed by atoms with Gasteiger partial charge in [-0.15, -0.1) is 0 Å². The molecule has 0 unspecified atom stereocenters. The fourth-order valence-electron chi connectivity index (χ4n) is 1.98. The number of hydrogen-bond donors (Lipinski definition) is 3. The molecule has 0 aliphatic rings. The Morgan fingerprint density at radius 2 is 1.67 bits per heavy atom. The molecular formula is C12H24N2O7. The van der Waals surface area contributed by atoms with Crippen LogP contribution in [-0.4, -0.2) is 82.9 Å². The molecule has 0 spiro atoms. The Balaban J connectivity index is 5.17. The van der Waals surface area contributed by atoms with Crippen molar-refractivity contribution in [1.29, 1.82) is 0 Å². The van der Waals surface area contributed by atoms with Gasteiger partial charge in [-0.25, -0.2) is 0 Å². The monoisotopic (exact) mass is 308 g/mol. The van der Waals surface area contributed by atoms with E-state index in [2.05, 4.69) is 5.32 Å². The van der Waals surface area contributed by atoms with Crippen molar-refractivity contribution in [3.8, 4) is 0 Å². The molecule has 0 saturated heterocycles. The second-order valence-electron chi connectivity index (χ2n) is 4.26. The summed E-state index contributed by atoms with van der Waals surface area (Å²) in [6, 6.07) is -0.714. The van der Waals surface area contributed by atoms with E-state index in [1.54, 1.807) is 0 Å². The third kappa shape index (κ3) is 5.94. The molecule has 0 rings (SSSR count). The molecule has 0 aliphatic carbocycles. The summed E-state index contributed by atoms with van der Waals surface area (Å²) in [4.78, 5) is 22.3. The van der Waals surface area contributed by atoms with Crippen molar-refractivity contribution >= 4 is 11.8 Å². The number of amides is 2. The Morgan fingerprint density at radius 3 is 2.00 bits per heavy atom. The highest BCUT2D eigenvalue weighted by Gasteiger charge is 2.36. The van der Waals surface area contributed by atoms with Gasteiger partial charge in [-0.3, -0.25) is 9.59 Å². The maximum Gasteiger partial charge on any atom is 0.309 e. The molecule has 0 fully saturated rings. The highest BCUT2D eigenvalue weighted by Crippen LogP contribution is 2.14. The summed E-state index contributed by atoms with van der Waals surface area (Å²) in [5.74, 6) is -2.09. The summed E-state index contributed by atoms with van der Waals surface area (Å²) >= 11 is 0. The standard InChI is InChI=1S/C12H24N2O7/c1-18-6-7(14-12(17)11(13)16)9(20-3)10(21-4)8(5-15)19-2/h7-10,15H,5-6H2,1-4H3,(H2,13,16)(H,14,17)/t7-,8-,9-,10-/m1/s1. The van der Waals surface area contributed by atoms with Gasteiger partial charge in [0.15, 0.2) is 0 Å². The minimum Gasteiger partial charge on any atom is -0.394 e. The Hall–Kier alpha value is -1.26. The Bertz CT molecular complexity index is 323. The highest BCUT2D eigenvalue weighted by molar-refractivity contribution is 6.34. The number of primary amides is 1. The number of nitrogens with two attached hydrogens (primary N) is 1. The van der Waals surface area contributed by atoms with Crippen LogP contribution in [-0.2, 0) is 28.5 Å². The second-order valence-corrected chi connectivity index (χ2v) is 4.26. The van der Waals surface area contributed by atoms with Gasteiger partial charge in [0.1, 0.15) is 18.3 Å². The second kappa shape index (κ2) is 10.5. The van der Waals surface area contributed by atoms with E-state index in [4.69, 9.17) is 24.7 Å². The van der Waals surface area contributed by atoms with Crippen molar-refractivity contribution in [2.75, 3.05) is 41.7 Å². The van der Waals surface area contributed by atoms with Gasteiger partial charge in [0.25, 0.3) is 0 Å². The average molecular weight is 308 g/mol. The molecular weight excluding hydrogens is 284 g/mol. The summed E-state index contributed by atoms with van der Waals surface area (Å²) in [5, 5.41) is 11.7. The molecule has 0 aromatic heterocycles. The molecule has 21 heavy (non-hydrogen) atoms. The van der Waals surface area contributed by atoms with Crippen LogP contribution < -0.4 is 11.1 Å². The van der Waals surface area contributed by atoms with Gasteiger partial charge in [-0.2, -0.15) is 0 Å². The molecule has 2 amide bonds. The maximum atomic E-state index is 11.5. The maximum absolute atomic E-state index is 11.5. The van der Waals surface area contributed by atoms with E-state index in [1.165, 1.54) is 28.4 Å². The van der Waals surface area contributed by atoms with Crippen LogP contribution in [0.25, 0.3) is 0 Å². The fraction of sp³-hybridized carbons (Fsp3) is 0.833. The number of aliphatic hydroxyl groups excluding tert-OH is 1. The van der Waals surface area contributed by atoms with Gasteiger partial charge in [-0.05, 0) is 0 Å². The number of hydrogen-bond acceptors (Lipinski definition) is 7. The van der Waals surface area contributed by atoms with E-state index < -0.39 is 36.2 Å². The van der Waals surface area contributed by atoms with Crippen molar-refractivity contribution in [1.82, 2.24) is 5.32 Å². The lowest BCUT2D eigenvalue weighted by atomic mass is 10.0. The van der Waals surface area contributed by atoms with Crippen molar-refractivity contribution in [2.24, 2.45) is 5.73 Å². The number of carbonyl (C=O) groups excluding carboxylic acids is 2. The Morgan fingerprint density at radius 1 is 1.10 bits per heavy atom. The molecule has 0 aliphatic heterocycles. The Labute approximate surface area is 123 Å². The van der Waals surface area contributed by atoms with Crippen LogP contribution in [0.4, 0.5) is 0 Å². The molecule has 124 valence electrons. The predicted molar refractivity (Wildman–Crippen MR) is 72.5 cm³/mol. The zero-order valence-corrected chi connectivity index (χ0v) is 12.7. The summed E-state index contributed by atoms with van der Waals surface area (Å²) < 4.78 is 20.7. The molecule has 9 nitrogen and oxygen atoms in total. The number of nitrogens with one attached hydrogen (secondary N) is 1. The van der Waals surface area contributed by atoms with E-state index in [0.29, 0.717) is 0 Å². The van der Waals surface area contributed by atoms with Gasteiger partial charge in [0, 0.05) is 28.4 Å². The molecule has 0 bridgehead atoms. The smallest absolute Gasteiger partial charge is 0.309 e. The van der Waals surface area contributed by atoms with E-state index in [1.807, 2.05) is 0 Å². The van der Waals surface area contributed by atoms with E-state index in [9.17, 15) is 14.7 Å². The normalized spacial score (nSPS) is 16.8. The molecule has 4 N–H and O–H groups in total.